The molecule has 2 aromatic carbocycles. The van der Waals surface area contributed by atoms with E-state index in [1.807, 2.05) is 25.1 Å². The predicted molar refractivity (Wildman–Crippen MR) is 145 cm³/mol. The van der Waals surface area contributed by atoms with Crippen molar-refractivity contribution < 1.29 is 23.5 Å². The van der Waals surface area contributed by atoms with Crippen molar-refractivity contribution in [2.45, 2.75) is 5.92 Å². The molecular weight excluding hydrogens is 507 g/mol. The summed E-state index contributed by atoms with van der Waals surface area (Å²) in [5.41, 5.74) is 6.64. The number of anilines is 1. The van der Waals surface area contributed by atoms with Crippen molar-refractivity contribution in [3.8, 4) is 29.1 Å². The van der Waals surface area contributed by atoms with Crippen molar-refractivity contribution in [2.75, 3.05) is 33.1 Å². The highest BCUT2D eigenvalue weighted by molar-refractivity contribution is 7.19. The minimum Gasteiger partial charge on any atom is -0.495 e. The van der Waals surface area contributed by atoms with Gasteiger partial charge in [-0.3, -0.25) is 19.5 Å². The Morgan fingerprint density at radius 3 is 2.63 bits per heavy atom. The number of rotatable bonds is 8. The molecule has 0 aliphatic rings. The molecule has 10 heteroatoms. The van der Waals surface area contributed by atoms with Gasteiger partial charge in [0.2, 0.25) is 11.8 Å². The number of para-hydroxylation sites is 2. The van der Waals surface area contributed by atoms with Crippen molar-refractivity contribution in [1.29, 1.82) is 0 Å². The first-order valence-corrected chi connectivity index (χ1v) is 12.3. The van der Waals surface area contributed by atoms with Crippen LogP contribution < -0.4 is 20.5 Å². The number of fused-ring (bicyclic) bond motifs is 1. The van der Waals surface area contributed by atoms with Crippen LogP contribution in [0.5, 0.6) is 17.2 Å². The van der Waals surface area contributed by atoms with Crippen LogP contribution in [0.25, 0.3) is 10.2 Å². The van der Waals surface area contributed by atoms with Crippen molar-refractivity contribution >= 4 is 39.1 Å². The number of thiophene rings is 1. The van der Waals surface area contributed by atoms with E-state index in [1.165, 1.54) is 30.6 Å². The Bertz CT molecular complexity index is 1560. The summed E-state index contributed by atoms with van der Waals surface area (Å²) >= 11 is 1.39. The van der Waals surface area contributed by atoms with Crippen LogP contribution in [-0.2, 0) is 9.59 Å². The molecule has 4 aromatic rings. The lowest BCUT2D eigenvalue weighted by Crippen LogP contribution is -2.32. The standard InChI is InChI=1S/C28H25FN4O4S/c1-33(2)14-6-7-18-16-21-26(38-18)24(12-13-31-21)37-22-11-10-17(15-19(22)29)25(27(30)34)28(35)32-20-8-4-5-9-23(20)36-3/h4-5,8-13,15-16,25H,14H2,1-3H3,(H2,30,34)(H,32,35). The summed E-state index contributed by atoms with van der Waals surface area (Å²) in [4.78, 5) is 32.2. The van der Waals surface area contributed by atoms with E-state index >= 15 is 4.39 Å². The number of nitrogens with two attached hydrogens (primary N) is 1. The van der Waals surface area contributed by atoms with Crippen LogP contribution in [0.3, 0.4) is 0 Å². The maximum atomic E-state index is 15.1. The van der Waals surface area contributed by atoms with E-state index in [0.717, 1.165) is 15.6 Å². The zero-order chi connectivity index (χ0) is 27.2. The second-order valence-corrected chi connectivity index (χ2v) is 9.54. The topological polar surface area (TPSA) is 107 Å². The van der Waals surface area contributed by atoms with Gasteiger partial charge in [-0.25, -0.2) is 4.39 Å². The van der Waals surface area contributed by atoms with Crippen molar-refractivity contribution in [2.24, 2.45) is 5.73 Å². The molecule has 3 N–H and O–H groups in total. The summed E-state index contributed by atoms with van der Waals surface area (Å²) in [6, 6.07) is 14.1. The minimum absolute atomic E-state index is 0.0803. The van der Waals surface area contributed by atoms with Crippen LogP contribution in [0.1, 0.15) is 16.4 Å². The highest BCUT2D eigenvalue weighted by Crippen LogP contribution is 2.36. The average molecular weight is 533 g/mol. The molecule has 0 saturated heterocycles. The monoisotopic (exact) mass is 532 g/mol. The lowest BCUT2D eigenvalue weighted by atomic mass is 9.97. The number of methoxy groups -OCH3 is 1. The molecular formula is C28H25FN4O4S. The lowest BCUT2D eigenvalue weighted by molar-refractivity contribution is -0.127. The summed E-state index contributed by atoms with van der Waals surface area (Å²) in [5, 5.41) is 2.62. The molecule has 0 bridgehead atoms. The molecule has 0 spiro atoms. The number of primary amides is 1. The zero-order valence-electron chi connectivity index (χ0n) is 20.9. The van der Waals surface area contributed by atoms with Crippen LogP contribution in [-0.4, -0.2) is 49.4 Å². The SMILES string of the molecule is COc1ccccc1NC(=O)C(C(N)=O)c1ccc(Oc2ccnc3cc(C#CCN(C)C)sc23)c(F)c1. The Morgan fingerprint density at radius 2 is 1.92 bits per heavy atom. The normalized spacial score (nSPS) is 11.5. The number of pyridine rings is 1. The van der Waals surface area contributed by atoms with Gasteiger partial charge >= 0.3 is 0 Å². The third-order valence-corrected chi connectivity index (χ3v) is 6.46. The van der Waals surface area contributed by atoms with Gasteiger partial charge in [0.1, 0.15) is 17.4 Å². The molecule has 2 heterocycles. The van der Waals surface area contributed by atoms with Crippen LogP contribution >= 0.6 is 11.3 Å². The number of carbonyl (C=O) groups is 2. The fourth-order valence-corrected chi connectivity index (χ4v) is 4.58. The quantitative estimate of drug-likeness (QED) is 0.258. The molecule has 0 radical (unpaired) electrons. The molecule has 1 atom stereocenters. The van der Waals surface area contributed by atoms with E-state index < -0.39 is 23.5 Å². The summed E-state index contributed by atoms with van der Waals surface area (Å²) in [5.74, 6) is 3.08. The largest absolute Gasteiger partial charge is 0.495 e. The Labute approximate surface area is 223 Å². The number of amides is 2. The van der Waals surface area contributed by atoms with Gasteiger partial charge in [-0.1, -0.05) is 30.0 Å². The minimum atomic E-state index is -1.43. The molecule has 2 aromatic heterocycles. The maximum absolute atomic E-state index is 15.1. The molecule has 0 saturated carbocycles. The van der Waals surface area contributed by atoms with Crippen molar-refractivity contribution in [1.82, 2.24) is 9.88 Å². The van der Waals surface area contributed by atoms with E-state index in [2.05, 4.69) is 22.1 Å². The smallest absolute Gasteiger partial charge is 0.241 e. The van der Waals surface area contributed by atoms with Gasteiger partial charge in [-0.05, 0) is 50.0 Å². The van der Waals surface area contributed by atoms with Crippen molar-refractivity contribution in [3.05, 3.63) is 77.1 Å². The second-order valence-electron chi connectivity index (χ2n) is 8.49. The number of hydrogen-bond donors (Lipinski definition) is 2. The Hall–Kier alpha value is -4.46. The first-order valence-electron chi connectivity index (χ1n) is 11.5. The van der Waals surface area contributed by atoms with Gasteiger partial charge in [0.05, 0.1) is 34.4 Å². The maximum Gasteiger partial charge on any atom is 0.241 e. The predicted octanol–water partition coefficient (Wildman–Crippen LogP) is 4.36. The first kappa shape index (κ1) is 26.6. The number of benzene rings is 2. The van der Waals surface area contributed by atoms with Gasteiger partial charge in [0.25, 0.3) is 0 Å². The first-order chi connectivity index (χ1) is 18.3. The number of nitrogens with zero attached hydrogens (tertiary/aromatic N) is 2. The van der Waals surface area contributed by atoms with E-state index in [-0.39, 0.29) is 11.3 Å². The number of nitrogens with one attached hydrogen (secondary N) is 1. The number of hydrogen-bond acceptors (Lipinski definition) is 7. The number of halogens is 1. The van der Waals surface area contributed by atoms with Gasteiger partial charge in [0, 0.05) is 12.3 Å². The van der Waals surface area contributed by atoms with E-state index in [9.17, 15) is 9.59 Å². The fourth-order valence-electron chi connectivity index (χ4n) is 3.64. The molecule has 0 fully saturated rings. The molecule has 4 rings (SSSR count). The summed E-state index contributed by atoms with van der Waals surface area (Å²) in [6.45, 7) is 0.617. The third kappa shape index (κ3) is 6.08. The second kappa shape index (κ2) is 11.7. The third-order valence-electron chi connectivity index (χ3n) is 5.40. The Kier molecular flexibility index (Phi) is 8.21. The van der Waals surface area contributed by atoms with E-state index in [1.54, 1.807) is 36.5 Å². The molecule has 0 aliphatic heterocycles. The van der Waals surface area contributed by atoms with Crippen LogP contribution in [0.15, 0.2) is 60.8 Å². The summed E-state index contributed by atoms with van der Waals surface area (Å²) in [6.07, 6.45) is 1.57. The molecule has 38 heavy (non-hydrogen) atoms. The van der Waals surface area contributed by atoms with Crippen LogP contribution in [0, 0.1) is 17.7 Å². The molecule has 2 amide bonds. The average Bonchev–Trinajstić information content (AvgIpc) is 3.29. The van der Waals surface area contributed by atoms with Crippen LogP contribution in [0.4, 0.5) is 10.1 Å². The van der Waals surface area contributed by atoms with Gasteiger partial charge in [0.15, 0.2) is 11.6 Å². The summed E-state index contributed by atoms with van der Waals surface area (Å²) in [7, 11) is 5.33. The molecule has 8 nitrogen and oxygen atoms in total. The fraction of sp³-hybridized carbons (Fsp3) is 0.179. The summed E-state index contributed by atoms with van der Waals surface area (Å²) < 4.78 is 27.0. The highest BCUT2D eigenvalue weighted by atomic mass is 32.1. The zero-order valence-corrected chi connectivity index (χ0v) is 21.8. The van der Waals surface area contributed by atoms with Gasteiger partial charge in [-0.15, -0.1) is 11.3 Å². The number of ether oxygens (including phenoxy) is 2. The molecule has 0 aliphatic carbocycles. The van der Waals surface area contributed by atoms with Crippen molar-refractivity contribution in [3.63, 3.8) is 0 Å². The lowest BCUT2D eigenvalue weighted by Gasteiger charge is -2.16. The van der Waals surface area contributed by atoms with Gasteiger partial charge < -0.3 is 20.5 Å². The molecule has 1 unspecified atom stereocenters. The van der Waals surface area contributed by atoms with E-state index in [0.29, 0.717) is 29.2 Å². The van der Waals surface area contributed by atoms with E-state index in [4.69, 9.17) is 15.2 Å². The van der Waals surface area contributed by atoms with Gasteiger partial charge in [-0.2, -0.15) is 0 Å². The Morgan fingerprint density at radius 1 is 1.13 bits per heavy atom. The highest BCUT2D eigenvalue weighted by Gasteiger charge is 2.28. The van der Waals surface area contributed by atoms with Crippen LogP contribution in [0.2, 0.25) is 0 Å². The molecule has 194 valence electrons. The Balaban J connectivity index is 1.57. The number of aromatic nitrogens is 1. The number of carbonyl (C=O) groups excluding carboxylic acids is 2.